The highest BCUT2D eigenvalue weighted by atomic mass is 79.9. The fourth-order valence-corrected chi connectivity index (χ4v) is 2.17. The molecule has 3 nitrogen and oxygen atoms in total. The zero-order valence-corrected chi connectivity index (χ0v) is 13.8. The molecule has 1 aliphatic heterocycles. The summed E-state index contributed by atoms with van der Waals surface area (Å²) in [5.74, 6) is -0.181. The molecule has 1 aliphatic rings. The molecule has 0 amide bonds. The highest BCUT2D eigenvalue weighted by Crippen LogP contribution is 2.17. The number of carbonyl (C=O) groups is 1. The fraction of sp³-hybridized carbons (Fsp3) is 0.533. The Morgan fingerprint density at radius 1 is 1.35 bits per heavy atom. The minimum Gasteiger partial charge on any atom is -0.368 e. The van der Waals surface area contributed by atoms with Crippen LogP contribution in [0.25, 0.3) is 0 Å². The van der Waals surface area contributed by atoms with E-state index < -0.39 is 0 Å². The molecule has 1 aromatic carbocycles. The van der Waals surface area contributed by atoms with Crippen LogP contribution in [-0.4, -0.2) is 30.9 Å². The van der Waals surface area contributed by atoms with E-state index >= 15 is 0 Å². The highest BCUT2D eigenvalue weighted by molar-refractivity contribution is 9.09. The summed E-state index contributed by atoms with van der Waals surface area (Å²) in [4.78, 5) is 12.4. The standard InChI is InChI=1S/C10H12BrFN2.C5H10O/c11-10-7-14(6-5-13-10)9-3-1-8(12)2-4-9;1-5(2,3)4-6/h1-4,10,13H,5-7H2;4H,1-3H3. The van der Waals surface area contributed by atoms with Gasteiger partial charge in [-0.05, 0) is 24.3 Å². The lowest BCUT2D eigenvalue weighted by molar-refractivity contribution is -0.113. The number of halogens is 2. The number of hydrogen-bond acceptors (Lipinski definition) is 3. The summed E-state index contributed by atoms with van der Waals surface area (Å²) in [6.07, 6.45) is 0.938. The Balaban J connectivity index is 0.000000286. The molecule has 1 fully saturated rings. The van der Waals surface area contributed by atoms with Crippen molar-refractivity contribution >= 4 is 27.9 Å². The van der Waals surface area contributed by atoms with E-state index in [9.17, 15) is 9.18 Å². The summed E-state index contributed by atoms with van der Waals surface area (Å²) >= 11 is 3.51. The van der Waals surface area contributed by atoms with Gasteiger partial charge >= 0.3 is 0 Å². The van der Waals surface area contributed by atoms with Crippen molar-refractivity contribution in [2.45, 2.75) is 25.7 Å². The maximum absolute atomic E-state index is 12.7. The van der Waals surface area contributed by atoms with E-state index in [-0.39, 0.29) is 11.2 Å². The molecule has 20 heavy (non-hydrogen) atoms. The van der Waals surface area contributed by atoms with E-state index in [4.69, 9.17) is 0 Å². The number of nitrogens with one attached hydrogen (secondary N) is 1. The number of alkyl halides is 1. The Kier molecular flexibility index (Phi) is 6.62. The Morgan fingerprint density at radius 2 is 1.90 bits per heavy atom. The Morgan fingerprint density at radius 3 is 2.35 bits per heavy atom. The van der Waals surface area contributed by atoms with Crippen molar-refractivity contribution in [1.82, 2.24) is 5.32 Å². The quantitative estimate of drug-likeness (QED) is 0.482. The summed E-state index contributed by atoms with van der Waals surface area (Å²) in [6, 6.07) is 6.64. The molecule has 0 saturated carbocycles. The normalized spacial score (nSPS) is 19.1. The lowest BCUT2D eigenvalue weighted by Crippen LogP contribution is -2.47. The van der Waals surface area contributed by atoms with Gasteiger partial charge in [-0.1, -0.05) is 36.7 Å². The Bertz CT molecular complexity index is 417. The van der Waals surface area contributed by atoms with Gasteiger partial charge in [0.25, 0.3) is 0 Å². The molecule has 0 aromatic heterocycles. The van der Waals surface area contributed by atoms with Gasteiger partial charge in [-0.25, -0.2) is 4.39 Å². The van der Waals surface area contributed by atoms with Gasteiger partial charge in [-0.15, -0.1) is 0 Å². The van der Waals surface area contributed by atoms with Gasteiger partial charge in [0.05, 0.1) is 4.95 Å². The van der Waals surface area contributed by atoms with E-state index in [0.29, 0.717) is 4.95 Å². The average Bonchev–Trinajstić information content (AvgIpc) is 2.39. The summed E-state index contributed by atoms with van der Waals surface area (Å²) in [5, 5.41) is 3.29. The molecule has 0 aliphatic carbocycles. The van der Waals surface area contributed by atoms with Crippen LogP contribution in [0.3, 0.4) is 0 Å². The van der Waals surface area contributed by atoms with Crippen molar-refractivity contribution < 1.29 is 9.18 Å². The molecule has 0 spiro atoms. The van der Waals surface area contributed by atoms with Gasteiger partial charge in [0.2, 0.25) is 0 Å². The lowest BCUT2D eigenvalue weighted by Gasteiger charge is -2.32. The first-order chi connectivity index (χ1) is 9.31. The summed E-state index contributed by atoms with van der Waals surface area (Å²) in [6.45, 7) is 8.45. The number of aldehydes is 1. The van der Waals surface area contributed by atoms with Crippen molar-refractivity contribution in [3.63, 3.8) is 0 Å². The zero-order chi connectivity index (χ0) is 15.2. The van der Waals surface area contributed by atoms with Crippen LogP contribution in [0.5, 0.6) is 0 Å². The number of benzene rings is 1. The smallest absolute Gasteiger partial charge is 0.125 e. The molecule has 1 heterocycles. The molecule has 2 rings (SSSR count). The molecule has 5 heteroatoms. The third kappa shape index (κ3) is 6.48. The van der Waals surface area contributed by atoms with Crippen molar-refractivity contribution in [1.29, 1.82) is 0 Å². The van der Waals surface area contributed by atoms with Gasteiger partial charge in [0.1, 0.15) is 12.1 Å². The van der Waals surface area contributed by atoms with Crippen LogP contribution in [0.15, 0.2) is 24.3 Å². The van der Waals surface area contributed by atoms with E-state index in [2.05, 4.69) is 26.1 Å². The van der Waals surface area contributed by atoms with Gasteiger partial charge in [0.15, 0.2) is 0 Å². The average molecular weight is 345 g/mol. The first kappa shape index (κ1) is 17.1. The second-order valence-corrected chi connectivity index (χ2v) is 6.93. The first-order valence-corrected chi connectivity index (χ1v) is 7.58. The Hall–Kier alpha value is -0.940. The number of anilines is 1. The van der Waals surface area contributed by atoms with Crippen LogP contribution in [0.1, 0.15) is 20.8 Å². The summed E-state index contributed by atoms with van der Waals surface area (Å²) in [7, 11) is 0. The molecule has 0 bridgehead atoms. The first-order valence-electron chi connectivity index (χ1n) is 6.66. The minimum absolute atomic E-state index is 0.139. The van der Waals surface area contributed by atoms with E-state index in [0.717, 1.165) is 31.6 Å². The van der Waals surface area contributed by atoms with Crippen LogP contribution in [0.2, 0.25) is 0 Å². The van der Waals surface area contributed by atoms with E-state index in [1.807, 2.05) is 32.9 Å². The number of carbonyl (C=O) groups excluding carboxylic acids is 1. The predicted octanol–water partition coefficient (Wildman–Crippen LogP) is 3.19. The third-order valence-corrected chi connectivity index (χ3v) is 3.29. The molecule has 1 unspecified atom stereocenters. The molecular weight excluding hydrogens is 323 g/mol. The molecular formula is C15H22BrFN2O. The van der Waals surface area contributed by atoms with Crippen LogP contribution in [0, 0.1) is 11.2 Å². The van der Waals surface area contributed by atoms with E-state index in [1.165, 1.54) is 12.1 Å². The van der Waals surface area contributed by atoms with Crippen molar-refractivity contribution in [2.75, 3.05) is 24.5 Å². The number of piperazine rings is 1. The monoisotopic (exact) mass is 344 g/mol. The number of hydrogen-bond donors (Lipinski definition) is 1. The summed E-state index contributed by atoms with van der Waals surface area (Å²) in [5.41, 5.74) is 0.942. The van der Waals surface area contributed by atoms with Crippen molar-refractivity contribution in [2.24, 2.45) is 5.41 Å². The molecule has 112 valence electrons. The lowest BCUT2D eigenvalue weighted by atomic mass is 10.0. The zero-order valence-electron chi connectivity index (χ0n) is 12.2. The number of nitrogens with zero attached hydrogens (tertiary/aromatic N) is 1. The number of rotatable bonds is 1. The third-order valence-electron chi connectivity index (χ3n) is 2.67. The predicted molar refractivity (Wildman–Crippen MR) is 84.8 cm³/mol. The van der Waals surface area contributed by atoms with Crippen LogP contribution < -0.4 is 10.2 Å². The van der Waals surface area contributed by atoms with E-state index in [1.54, 1.807) is 0 Å². The van der Waals surface area contributed by atoms with Crippen LogP contribution in [0.4, 0.5) is 10.1 Å². The highest BCUT2D eigenvalue weighted by Gasteiger charge is 2.16. The van der Waals surface area contributed by atoms with Gasteiger partial charge in [-0.3, -0.25) is 0 Å². The second kappa shape index (κ2) is 7.74. The van der Waals surface area contributed by atoms with Crippen LogP contribution >= 0.6 is 15.9 Å². The Labute approximate surface area is 128 Å². The van der Waals surface area contributed by atoms with Crippen LogP contribution in [-0.2, 0) is 4.79 Å². The molecule has 0 radical (unpaired) electrons. The van der Waals surface area contributed by atoms with Gasteiger partial charge < -0.3 is 15.0 Å². The second-order valence-electron chi connectivity index (χ2n) is 5.83. The maximum atomic E-state index is 12.7. The van der Waals surface area contributed by atoms with Crippen molar-refractivity contribution in [3.8, 4) is 0 Å². The minimum atomic E-state index is -0.181. The van der Waals surface area contributed by atoms with Gasteiger partial charge in [-0.2, -0.15) is 0 Å². The van der Waals surface area contributed by atoms with Gasteiger partial charge in [0, 0.05) is 30.7 Å². The maximum Gasteiger partial charge on any atom is 0.125 e. The van der Waals surface area contributed by atoms with Crippen molar-refractivity contribution in [3.05, 3.63) is 30.1 Å². The summed E-state index contributed by atoms with van der Waals surface area (Å²) < 4.78 is 12.7. The molecule has 1 saturated heterocycles. The largest absolute Gasteiger partial charge is 0.368 e. The molecule has 1 aromatic rings. The molecule has 1 N–H and O–H groups in total. The topological polar surface area (TPSA) is 32.3 Å². The SMILES string of the molecule is CC(C)(C)C=O.Fc1ccc(N2CCNC(Br)C2)cc1. The molecule has 1 atom stereocenters. The fourth-order valence-electron chi connectivity index (χ4n) is 1.59.